The summed E-state index contributed by atoms with van der Waals surface area (Å²) in [6.45, 7) is 5.71. The third-order valence-electron chi connectivity index (χ3n) is 6.42. The van der Waals surface area contributed by atoms with Gasteiger partial charge in [0.05, 0.1) is 17.7 Å². The number of hydrogen-bond acceptors (Lipinski definition) is 5. The van der Waals surface area contributed by atoms with E-state index in [2.05, 4.69) is 5.32 Å². The topological polar surface area (TPSA) is 96.0 Å². The van der Waals surface area contributed by atoms with Gasteiger partial charge in [0, 0.05) is 18.1 Å². The van der Waals surface area contributed by atoms with Crippen LogP contribution in [0.2, 0.25) is 5.02 Å². The first kappa shape index (κ1) is 31.0. The first-order valence-electron chi connectivity index (χ1n) is 13.2. The van der Waals surface area contributed by atoms with E-state index in [0.717, 1.165) is 21.9 Å². The minimum atomic E-state index is -4.15. The summed E-state index contributed by atoms with van der Waals surface area (Å²) in [4.78, 5) is 28.6. The average Bonchev–Trinajstić information content (AvgIpc) is 2.95. The lowest BCUT2D eigenvalue weighted by atomic mass is 10.1. The van der Waals surface area contributed by atoms with Gasteiger partial charge in [0.15, 0.2) is 0 Å². The molecule has 0 unspecified atom stereocenters. The number of carbonyl (C=O) groups excluding carboxylic acids is 2. The van der Waals surface area contributed by atoms with E-state index in [1.54, 1.807) is 37.4 Å². The number of carbonyl (C=O) groups is 2. The summed E-state index contributed by atoms with van der Waals surface area (Å²) >= 11 is 6.00. The third-order valence-corrected chi connectivity index (χ3v) is 8.46. The first-order chi connectivity index (χ1) is 19.1. The molecule has 0 spiro atoms. The van der Waals surface area contributed by atoms with Gasteiger partial charge in [-0.15, -0.1) is 0 Å². The van der Waals surface area contributed by atoms with Crippen molar-refractivity contribution >= 4 is 39.1 Å². The maximum Gasteiger partial charge on any atom is 0.264 e. The number of amides is 2. The molecule has 0 saturated heterocycles. The number of sulfonamides is 1. The number of hydrogen-bond donors (Lipinski definition) is 1. The highest BCUT2D eigenvalue weighted by Gasteiger charge is 2.33. The van der Waals surface area contributed by atoms with Crippen molar-refractivity contribution < 1.29 is 22.7 Å². The summed E-state index contributed by atoms with van der Waals surface area (Å²) in [6.07, 6.45) is 1.10. The fourth-order valence-corrected chi connectivity index (χ4v) is 5.79. The van der Waals surface area contributed by atoms with Crippen LogP contribution in [0.15, 0.2) is 77.7 Å². The molecule has 1 N–H and O–H groups in total. The summed E-state index contributed by atoms with van der Waals surface area (Å²) in [5, 5.41) is 3.27. The fourth-order valence-electron chi connectivity index (χ4n) is 4.26. The standard InChI is InChI=1S/C30H36ClN3O5S/c1-5-18-32-30(36)28(6-2)33(20-23-10-14-26(39-4)15-11-23)29(35)21-34(25-9-7-8-22(3)19-25)40(37,38)27-16-12-24(31)13-17-27/h7-17,19,28H,5-6,18,20-21H2,1-4H3,(H,32,36)/t28-/m0/s1. The Morgan fingerprint density at radius 2 is 1.68 bits per heavy atom. The normalized spacial score (nSPS) is 11.9. The van der Waals surface area contributed by atoms with Crippen LogP contribution in [0.1, 0.15) is 37.8 Å². The van der Waals surface area contributed by atoms with Gasteiger partial charge < -0.3 is 15.0 Å². The Hall–Kier alpha value is -3.56. The van der Waals surface area contributed by atoms with Gasteiger partial charge in [0.2, 0.25) is 11.8 Å². The lowest BCUT2D eigenvalue weighted by molar-refractivity contribution is -0.140. The summed E-state index contributed by atoms with van der Waals surface area (Å²) < 4.78 is 34.1. The summed E-state index contributed by atoms with van der Waals surface area (Å²) in [5.74, 6) is -0.128. The van der Waals surface area contributed by atoms with Gasteiger partial charge in [-0.2, -0.15) is 0 Å². The van der Waals surface area contributed by atoms with E-state index in [0.29, 0.717) is 29.4 Å². The number of benzene rings is 3. The number of halogens is 1. The molecular formula is C30H36ClN3O5S. The number of methoxy groups -OCH3 is 1. The van der Waals surface area contributed by atoms with Crippen LogP contribution in [-0.2, 0) is 26.2 Å². The van der Waals surface area contributed by atoms with Crippen molar-refractivity contribution in [3.05, 3.63) is 88.9 Å². The van der Waals surface area contributed by atoms with Gasteiger partial charge in [-0.05, 0) is 79.4 Å². The highest BCUT2D eigenvalue weighted by molar-refractivity contribution is 7.92. The number of ether oxygens (including phenoxy) is 1. The molecule has 0 radical (unpaired) electrons. The molecule has 3 rings (SSSR count). The van der Waals surface area contributed by atoms with Crippen molar-refractivity contribution in [2.45, 2.75) is 51.1 Å². The van der Waals surface area contributed by atoms with Crippen LogP contribution >= 0.6 is 11.6 Å². The zero-order chi connectivity index (χ0) is 29.3. The molecule has 3 aromatic carbocycles. The van der Waals surface area contributed by atoms with Crippen molar-refractivity contribution in [2.24, 2.45) is 0 Å². The van der Waals surface area contributed by atoms with Crippen molar-refractivity contribution in [1.29, 1.82) is 0 Å². The zero-order valence-electron chi connectivity index (χ0n) is 23.3. The van der Waals surface area contributed by atoms with Crippen LogP contribution in [0.3, 0.4) is 0 Å². The Balaban J connectivity index is 2.04. The summed E-state index contributed by atoms with van der Waals surface area (Å²) in [7, 11) is -2.59. The molecule has 0 saturated carbocycles. The van der Waals surface area contributed by atoms with E-state index in [4.69, 9.17) is 16.3 Å². The smallest absolute Gasteiger partial charge is 0.264 e. The van der Waals surface area contributed by atoms with Crippen molar-refractivity contribution in [2.75, 3.05) is 24.5 Å². The Labute approximate surface area is 241 Å². The van der Waals surface area contributed by atoms with Crippen LogP contribution in [0.4, 0.5) is 5.69 Å². The van der Waals surface area contributed by atoms with E-state index >= 15 is 0 Å². The molecule has 1 atom stereocenters. The molecule has 0 aliphatic carbocycles. The molecule has 0 bridgehead atoms. The second-order valence-corrected chi connectivity index (χ2v) is 11.7. The molecule has 3 aromatic rings. The van der Waals surface area contributed by atoms with Crippen LogP contribution in [0, 0.1) is 6.92 Å². The predicted molar refractivity (Wildman–Crippen MR) is 158 cm³/mol. The SMILES string of the molecule is CCCNC(=O)[C@H](CC)N(Cc1ccc(OC)cc1)C(=O)CN(c1cccc(C)c1)S(=O)(=O)c1ccc(Cl)cc1. The number of aryl methyl sites for hydroxylation is 1. The minimum absolute atomic E-state index is 0.000593. The Morgan fingerprint density at radius 3 is 2.25 bits per heavy atom. The molecule has 2 amide bonds. The highest BCUT2D eigenvalue weighted by Crippen LogP contribution is 2.26. The largest absolute Gasteiger partial charge is 0.497 e. The molecule has 40 heavy (non-hydrogen) atoms. The van der Waals surface area contributed by atoms with Gasteiger partial charge in [0.1, 0.15) is 18.3 Å². The van der Waals surface area contributed by atoms with Crippen molar-refractivity contribution in [1.82, 2.24) is 10.2 Å². The maximum atomic E-state index is 14.0. The van der Waals surface area contributed by atoms with E-state index in [1.807, 2.05) is 39.0 Å². The predicted octanol–water partition coefficient (Wildman–Crippen LogP) is 5.19. The van der Waals surface area contributed by atoms with Crippen LogP contribution in [-0.4, -0.2) is 51.4 Å². The average molecular weight is 586 g/mol. The molecule has 0 aliphatic heterocycles. The van der Waals surface area contributed by atoms with Gasteiger partial charge in [-0.3, -0.25) is 13.9 Å². The third kappa shape index (κ3) is 7.76. The molecule has 0 aliphatic rings. The summed E-state index contributed by atoms with van der Waals surface area (Å²) in [6, 6.07) is 19.1. The van der Waals surface area contributed by atoms with Crippen LogP contribution in [0.25, 0.3) is 0 Å². The van der Waals surface area contributed by atoms with E-state index in [1.165, 1.54) is 29.2 Å². The van der Waals surface area contributed by atoms with Crippen molar-refractivity contribution in [3.8, 4) is 5.75 Å². The van der Waals surface area contributed by atoms with Gasteiger partial charge >= 0.3 is 0 Å². The van der Waals surface area contributed by atoms with Crippen LogP contribution < -0.4 is 14.4 Å². The molecule has 0 fully saturated rings. The molecule has 0 heterocycles. The quantitative estimate of drug-likeness (QED) is 0.298. The molecular weight excluding hydrogens is 550 g/mol. The number of nitrogens with zero attached hydrogens (tertiary/aromatic N) is 2. The number of rotatable bonds is 13. The number of nitrogens with one attached hydrogen (secondary N) is 1. The summed E-state index contributed by atoms with van der Waals surface area (Å²) in [5.41, 5.74) is 1.96. The maximum absolute atomic E-state index is 14.0. The lowest BCUT2D eigenvalue weighted by Gasteiger charge is -2.33. The van der Waals surface area contributed by atoms with Gasteiger partial charge in [-0.25, -0.2) is 8.42 Å². The van der Waals surface area contributed by atoms with Crippen LogP contribution in [0.5, 0.6) is 5.75 Å². The second kappa shape index (κ2) is 14.2. The van der Waals surface area contributed by atoms with Gasteiger partial charge in [-0.1, -0.05) is 49.7 Å². The van der Waals surface area contributed by atoms with E-state index in [-0.39, 0.29) is 17.3 Å². The molecule has 214 valence electrons. The lowest BCUT2D eigenvalue weighted by Crippen LogP contribution is -2.52. The first-order valence-corrected chi connectivity index (χ1v) is 15.0. The monoisotopic (exact) mass is 585 g/mol. The van der Waals surface area contributed by atoms with E-state index in [9.17, 15) is 18.0 Å². The molecule has 8 nitrogen and oxygen atoms in total. The fraction of sp³-hybridized carbons (Fsp3) is 0.333. The van der Waals surface area contributed by atoms with E-state index < -0.39 is 28.5 Å². The minimum Gasteiger partial charge on any atom is -0.497 e. The Bertz CT molecular complexity index is 1400. The van der Waals surface area contributed by atoms with Gasteiger partial charge in [0.25, 0.3) is 10.0 Å². The Morgan fingerprint density at radius 1 is 1.00 bits per heavy atom. The molecule has 0 aromatic heterocycles. The second-order valence-electron chi connectivity index (χ2n) is 9.39. The zero-order valence-corrected chi connectivity index (χ0v) is 24.8. The number of anilines is 1. The molecule has 10 heteroatoms. The highest BCUT2D eigenvalue weighted by atomic mass is 35.5. The Kier molecular flexibility index (Phi) is 11.0. The van der Waals surface area contributed by atoms with Crippen molar-refractivity contribution in [3.63, 3.8) is 0 Å².